The van der Waals surface area contributed by atoms with Crippen LogP contribution in [-0.2, 0) is 16.0 Å². The summed E-state index contributed by atoms with van der Waals surface area (Å²) in [6.45, 7) is 3.98. The van der Waals surface area contributed by atoms with Crippen molar-refractivity contribution >= 4 is 53.1 Å². The fraction of sp³-hybridized carbons (Fsp3) is 0.400. The fourth-order valence-electron chi connectivity index (χ4n) is 4.02. The van der Waals surface area contributed by atoms with E-state index in [1.54, 1.807) is 12.1 Å². The molecule has 2 aromatic rings. The summed E-state index contributed by atoms with van der Waals surface area (Å²) < 4.78 is 19.5. The molecule has 0 saturated carbocycles. The summed E-state index contributed by atoms with van der Waals surface area (Å²) in [6, 6.07) is 6.31. The lowest BCUT2D eigenvalue weighted by atomic mass is 9.77. The molecular formula is C25H30ClFN6O5S. The van der Waals surface area contributed by atoms with Crippen molar-refractivity contribution in [3.05, 3.63) is 51.5 Å². The minimum Gasteiger partial charge on any atom is -0.481 e. The lowest BCUT2D eigenvalue weighted by Gasteiger charge is -2.32. The molecule has 1 aliphatic heterocycles. The highest BCUT2D eigenvalue weighted by atomic mass is 35.5. The van der Waals surface area contributed by atoms with Crippen molar-refractivity contribution in [3.8, 4) is 5.75 Å². The molecule has 2 heterocycles. The SMILES string of the molecule is CCC(CC)(Cc1ccc(C(=O)Oc2ccc(C(=N)N)cc2F)s1)C(=O)N[C@@H](CCC(=O)O)C1=NN=NC1.Cl. The number of carboxylic acid groups (broad SMARTS) is 1. The molecule has 0 aliphatic carbocycles. The third-order valence-corrected chi connectivity index (χ3v) is 7.55. The van der Waals surface area contributed by atoms with Crippen molar-refractivity contribution in [2.24, 2.45) is 26.6 Å². The van der Waals surface area contributed by atoms with Crippen molar-refractivity contribution in [1.29, 1.82) is 5.41 Å². The number of hydrogen-bond donors (Lipinski definition) is 4. The zero-order valence-electron chi connectivity index (χ0n) is 21.4. The fourth-order valence-corrected chi connectivity index (χ4v) is 5.05. The molecule has 0 radical (unpaired) electrons. The normalized spacial score (nSPS) is 13.3. The summed E-state index contributed by atoms with van der Waals surface area (Å²) in [5, 5.41) is 30.8. The minimum atomic E-state index is -0.985. The Hall–Kier alpha value is -3.71. The zero-order chi connectivity index (χ0) is 27.9. The number of amides is 1. The van der Waals surface area contributed by atoms with Gasteiger partial charge < -0.3 is 20.9 Å². The minimum absolute atomic E-state index is 0. The molecule has 0 spiro atoms. The number of nitrogens with two attached hydrogens (primary N) is 1. The van der Waals surface area contributed by atoms with Crippen LogP contribution in [0, 0.1) is 16.6 Å². The Morgan fingerprint density at radius 1 is 1.26 bits per heavy atom. The Kier molecular flexibility index (Phi) is 11.2. The van der Waals surface area contributed by atoms with Crippen LogP contribution in [0.15, 0.2) is 45.8 Å². The molecule has 1 aromatic carbocycles. The highest BCUT2D eigenvalue weighted by molar-refractivity contribution is 7.14. The number of halogens is 2. The number of ether oxygens (including phenoxy) is 1. The number of amidine groups is 1. The Labute approximate surface area is 234 Å². The van der Waals surface area contributed by atoms with E-state index >= 15 is 0 Å². The van der Waals surface area contributed by atoms with Crippen LogP contribution in [0.25, 0.3) is 0 Å². The van der Waals surface area contributed by atoms with E-state index in [2.05, 4.69) is 20.8 Å². The zero-order valence-corrected chi connectivity index (χ0v) is 23.0. The number of nitrogen functional groups attached to an aromatic ring is 1. The molecule has 39 heavy (non-hydrogen) atoms. The van der Waals surface area contributed by atoms with Gasteiger partial charge in [-0.3, -0.25) is 15.0 Å². The van der Waals surface area contributed by atoms with Gasteiger partial charge in [-0.15, -0.1) is 28.8 Å². The van der Waals surface area contributed by atoms with Gasteiger partial charge in [-0.2, -0.15) is 5.11 Å². The smallest absolute Gasteiger partial charge is 0.353 e. The van der Waals surface area contributed by atoms with E-state index in [1.807, 2.05) is 13.8 Å². The first kappa shape index (κ1) is 31.5. The predicted molar refractivity (Wildman–Crippen MR) is 147 cm³/mol. The molecule has 0 bridgehead atoms. The molecule has 14 heteroatoms. The first-order chi connectivity index (χ1) is 18.1. The van der Waals surface area contributed by atoms with Crippen LogP contribution in [0.3, 0.4) is 0 Å². The van der Waals surface area contributed by atoms with Gasteiger partial charge in [0.2, 0.25) is 5.91 Å². The van der Waals surface area contributed by atoms with Crippen molar-refractivity contribution in [3.63, 3.8) is 0 Å². The topological polar surface area (TPSA) is 180 Å². The molecule has 3 rings (SSSR count). The van der Waals surface area contributed by atoms with Crippen LogP contribution >= 0.6 is 23.7 Å². The lowest BCUT2D eigenvalue weighted by Crippen LogP contribution is -2.49. The summed E-state index contributed by atoms with van der Waals surface area (Å²) >= 11 is 1.14. The quantitative estimate of drug-likeness (QED) is 0.118. The molecule has 1 aromatic heterocycles. The number of thiophene rings is 1. The Bertz CT molecular complexity index is 1290. The van der Waals surface area contributed by atoms with Crippen LogP contribution in [0.2, 0.25) is 0 Å². The van der Waals surface area contributed by atoms with E-state index in [9.17, 15) is 18.8 Å². The molecular weight excluding hydrogens is 551 g/mol. The number of carbonyl (C=O) groups is 3. The van der Waals surface area contributed by atoms with Crippen molar-refractivity contribution in [1.82, 2.24) is 5.32 Å². The maximum Gasteiger partial charge on any atom is 0.353 e. The standard InChI is InChI=1S/C25H29FN6O5S.ClH/c1-3-25(4-2,24(36)30-17(7-10-21(33)34)18-13-29-32-31-18)12-15-6-9-20(38-15)23(35)37-19-8-5-14(22(27)28)11-16(19)26;/h5-6,8-9,11,17H,3-4,7,10,12-13H2,1-2H3,(H3,27,28)(H,30,36)(H,33,34);1H/t17-;/m0./s1. The van der Waals surface area contributed by atoms with Gasteiger partial charge in [-0.1, -0.05) is 13.8 Å². The monoisotopic (exact) mass is 580 g/mol. The van der Waals surface area contributed by atoms with Gasteiger partial charge in [-0.05, 0) is 61.2 Å². The van der Waals surface area contributed by atoms with Crippen molar-refractivity contribution in [2.45, 2.75) is 52.0 Å². The van der Waals surface area contributed by atoms with E-state index in [1.165, 1.54) is 12.1 Å². The Morgan fingerprint density at radius 3 is 2.54 bits per heavy atom. The maximum atomic E-state index is 14.3. The molecule has 0 fully saturated rings. The summed E-state index contributed by atoms with van der Waals surface area (Å²) in [5.41, 5.74) is 5.20. The summed E-state index contributed by atoms with van der Waals surface area (Å²) in [5.74, 6) is -3.40. The number of nitrogens with zero attached hydrogens (tertiary/aromatic N) is 3. The number of benzene rings is 1. The van der Waals surface area contributed by atoms with Gasteiger partial charge in [0.05, 0.1) is 17.2 Å². The summed E-state index contributed by atoms with van der Waals surface area (Å²) in [4.78, 5) is 38.3. The van der Waals surface area contributed by atoms with Crippen LogP contribution < -0.4 is 15.8 Å². The highest BCUT2D eigenvalue weighted by Gasteiger charge is 2.37. The lowest BCUT2D eigenvalue weighted by molar-refractivity contribution is -0.137. The predicted octanol–water partition coefficient (Wildman–Crippen LogP) is 4.33. The largest absolute Gasteiger partial charge is 0.481 e. The van der Waals surface area contributed by atoms with Gasteiger partial charge in [0, 0.05) is 16.9 Å². The summed E-state index contributed by atoms with van der Waals surface area (Å²) in [7, 11) is 0. The van der Waals surface area contributed by atoms with Gasteiger partial charge in [0.25, 0.3) is 0 Å². The number of esters is 1. The van der Waals surface area contributed by atoms with Gasteiger partial charge in [0.1, 0.15) is 17.3 Å². The average molecular weight is 581 g/mol. The van der Waals surface area contributed by atoms with E-state index in [0.717, 1.165) is 22.3 Å². The molecule has 0 unspecified atom stereocenters. The van der Waals surface area contributed by atoms with Crippen LogP contribution in [0.4, 0.5) is 4.39 Å². The molecule has 1 atom stereocenters. The van der Waals surface area contributed by atoms with Crippen molar-refractivity contribution in [2.75, 3.05) is 6.54 Å². The van der Waals surface area contributed by atoms with Gasteiger partial charge in [0.15, 0.2) is 11.6 Å². The molecule has 5 N–H and O–H groups in total. The Morgan fingerprint density at radius 2 is 1.97 bits per heavy atom. The molecule has 1 aliphatic rings. The second kappa shape index (κ2) is 13.9. The number of aliphatic carboxylic acids is 1. The molecule has 210 valence electrons. The first-order valence-corrected chi connectivity index (χ1v) is 12.8. The number of hydrogen-bond acceptors (Lipinski definition) is 9. The number of nitrogens with one attached hydrogen (secondary N) is 2. The molecule has 1 amide bonds. The number of rotatable bonds is 13. The Balaban J connectivity index is 0.00000533. The second-order valence-electron chi connectivity index (χ2n) is 8.82. The third kappa shape index (κ3) is 7.90. The van der Waals surface area contributed by atoms with E-state index in [-0.39, 0.29) is 59.7 Å². The average Bonchev–Trinajstić information content (AvgIpc) is 3.58. The summed E-state index contributed by atoms with van der Waals surface area (Å²) in [6.07, 6.45) is 1.33. The number of carboxylic acids is 1. The number of carbonyl (C=O) groups excluding carboxylic acids is 2. The highest BCUT2D eigenvalue weighted by Crippen LogP contribution is 2.35. The maximum absolute atomic E-state index is 14.3. The van der Waals surface area contributed by atoms with E-state index in [0.29, 0.717) is 25.0 Å². The first-order valence-electron chi connectivity index (χ1n) is 12.0. The van der Waals surface area contributed by atoms with Gasteiger partial charge in [-0.25, -0.2) is 9.18 Å². The van der Waals surface area contributed by atoms with Gasteiger partial charge >= 0.3 is 11.9 Å². The van der Waals surface area contributed by atoms with Crippen molar-refractivity contribution < 1.29 is 28.6 Å². The van der Waals surface area contributed by atoms with Crippen LogP contribution in [0.1, 0.15) is 59.6 Å². The second-order valence-corrected chi connectivity index (χ2v) is 9.99. The van der Waals surface area contributed by atoms with Crippen LogP contribution in [-0.4, -0.2) is 47.1 Å². The van der Waals surface area contributed by atoms with E-state index in [4.69, 9.17) is 21.0 Å². The van der Waals surface area contributed by atoms with Crippen LogP contribution in [0.5, 0.6) is 5.75 Å². The molecule has 11 nitrogen and oxygen atoms in total. The van der Waals surface area contributed by atoms with E-state index < -0.39 is 29.2 Å². The third-order valence-electron chi connectivity index (χ3n) is 6.48. The molecule has 0 saturated heterocycles.